The van der Waals surface area contributed by atoms with E-state index in [0.717, 1.165) is 24.8 Å². The van der Waals surface area contributed by atoms with E-state index in [1.165, 1.54) is 18.7 Å². The van der Waals surface area contributed by atoms with E-state index in [-0.39, 0.29) is 35.8 Å². The summed E-state index contributed by atoms with van der Waals surface area (Å²) in [7, 11) is -2.14. The van der Waals surface area contributed by atoms with Gasteiger partial charge in [0, 0.05) is 24.2 Å². The van der Waals surface area contributed by atoms with Gasteiger partial charge < -0.3 is 15.4 Å². The lowest BCUT2D eigenvalue weighted by atomic mass is 9.96. The fraction of sp³-hybridized carbons (Fsp3) is 0.435. The summed E-state index contributed by atoms with van der Waals surface area (Å²) < 4.78 is 40.7. The zero-order valence-electron chi connectivity index (χ0n) is 18.3. The minimum Gasteiger partial charge on any atom is -0.494 e. The molecule has 32 heavy (non-hydrogen) atoms. The first-order valence-electron chi connectivity index (χ1n) is 10.6. The lowest BCUT2D eigenvalue weighted by Crippen LogP contribution is -2.31. The van der Waals surface area contributed by atoms with Gasteiger partial charge in [0.25, 0.3) is 5.91 Å². The fourth-order valence-corrected chi connectivity index (χ4v) is 4.53. The molecule has 1 amide bonds. The van der Waals surface area contributed by atoms with Gasteiger partial charge in [0.15, 0.2) is 11.6 Å². The Labute approximate surface area is 188 Å². The molecule has 0 aliphatic heterocycles. The van der Waals surface area contributed by atoms with Crippen LogP contribution in [0.5, 0.6) is 5.75 Å². The molecule has 9 heteroatoms. The smallest absolute Gasteiger partial charge is 0.251 e. The van der Waals surface area contributed by atoms with Crippen molar-refractivity contribution in [2.24, 2.45) is 5.14 Å². The molecular formula is C23H30FN3O4S. The van der Waals surface area contributed by atoms with Crippen LogP contribution in [0.3, 0.4) is 0 Å². The van der Waals surface area contributed by atoms with Gasteiger partial charge in [-0.05, 0) is 67.5 Å². The van der Waals surface area contributed by atoms with Gasteiger partial charge in [-0.3, -0.25) is 4.79 Å². The van der Waals surface area contributed by atoms with Crippen molar-refractivity contribution in [1.29, 1.82) is 0 Å². The molecule has 2 aromatic carbocycles. The highest BCUT2D eigenvalue weighted by atomic mass is 32.2. The predicted molar refractivity (Wildman–Crippen MR) is 122 cm³/mol. The monoisotopic (exact) mass is 463 g/mol. The van der Waals surface area contributed by atoms with Gasteiger partial charge in [-0.1, -0.05) is 18.2 Å². The molecule has 1 aliphatic carbocycles. The van der Waals surface area contributed by atoms with Crippen LogP contribution in [-0.4, -0.2) is 39.8 Å². The quantitative estimate of drug-likeness (QED) is 0.530. The van der Waals surface area contributed by atoms with E-state index < -0.39 is 10.0 Å². The van der Waals surface area contributed by atoms with Crippen LogP contribution in [0.25, 0.3) is 0 Å². The number of methoxy groups -OCH3 is 1. The maximum atomic E-state index is 13.7. The summed E-state index contributed by atoms with van der Waals surface area (Å²) in [5.74, 6) is -0.354. The van der Waals surface area contributed by atoms with Crippen LogP contribution in [0.1, 0.15) is 59.6 Å². The number of nitrogens with one attached hydrogen (secondary N) is 2. The van der Waals surface area contributed by atoms with Gasteiger partial charge in [0.1, 0.15) is 0 Å². The number of sulfonamides is 1. The molecule has 3 rings (SSSR count). The average molecular weight is 464 g/mol. The Balaban J connectivity index is 1.53. The third-order valence-electron chi connectivity index (χ3n) is 5.91. The first kappa shape index (κ1) is 24.2. The Kier molecular flexibility index (Phi) is 7.86. The van der Waals surface area contributed by atoms with Crippen molar-refractivity contribution in [3.8, 4) is 5.75 Å². The first-order valence-corrected chi connectivity index (χ1v) is 12.4. The van der Waals surface area contributed by atoms with Crippen LogP contribution in [0.4, 0.5) is 4.39 Å². The van der Waals surface area contributed by atoms with Crippen molar-refractivity contribution in [2.75, 3.05) is 19.4 Å². The van der Waals surface area contributed by atoms with Crippen molar-refractivity contribution in [3.05, 3.63) is 65.0 Å². The van der Waals surface area contributed by atoms with Gasteiger partial charge in [0.05, 0.1) is 12.9 Å². The van der Waals surface area contributed by atoms with E-state index in [4.69, 9.17) is 9.88 Å². The summed E-state index contributed by atoms with van der Waals surface area (Å²) >= 11 is 0. The number of ether oxygens (including phenoxy) is 1. The Bertz CT molecular complexity index is 1040. The molecule has 7 nitrogen and oxygen atoms in total. The van der Waals surface area contributed by atoms with Crippen molar-refractivity contribution in [1.82, 2.24) is 10.6 Å². The zero-order chi connectivity index (χ0) is 23.3. The number of hydrogen-bond acceptors (Lipinski definition) is 5. The predicted octanol–water partition coefficient (Wildman–Crippen LogP) is 2.84. The van der Waals surface area contributed by atoms with Gasteiger partial charge in [-0.25, -0.2) is 17.9 Å². The molecule has 1 saturated carbocycles. The molecule has 0 spiro atoms. The third kappa shape index (κ3) is 6.51. The van der Waals surface area contributed by atoms with Gasteiger partial charge in [0.2, 0.25) is 10.0 Å². The summed E-state index contributed by atoms with van der Waals surface area (Å²) in [5, 5.41) is 11.1. The number of amides is 1. The topological polar surface area (TPSA) is 111 Å². The van der Waals surface area contributed by atoms with Crippen LogP contribution in [0.2, 0.25) is 0 Å². The molecule has 0 aromatic heterocycles. The highest BCUT2D eigenvalue weighted by Crippen LogP contribution is 2.35. The number of rotatable bonds is 9. The number of halogens is 1. The van der Waals surface area contributed by atoms with Crippen molar-refractivity contribution >= 4 is 15.9 Å². The third-order valence-corrected chi connectivity index (χ3v) is 6.68. The Hall–Kier alpha value is -2.49. The highest BCUT2D eigenvalue weighted by molar-refractivity contribution is 7.89. The van der Waals surface area contributed by atoms with Crippen molar-refractivity contribution in [3.63, 3.8) is 0 Å². The minimum absolute atomic E-state index is 0.0203. The van der Waals surface area contributed by atoms with Crippen molar-refractivity contribution in [2.45, 2.75) is 44.2 Å². The molecule has 2 aromatic rings. The molecule has 3 unspecified atom stereocenters. The van der Waals surface area contributed by atoms with E-state index in [0.29, 0.717) is 17.5 Å². The summed E-state index contributed by atoms with van der Waals surface area (Å²) in [6.45, 7) is 2.04. The summed E-state index contributed by atoms with van der Waals surface area (Å²) in [6.07, 6.45) is 3.04. The van der Waals surface area contributed by atoms with E-state index in [1.54, 1.807) is 24.3 Å². The molecule has 1 fully saturated rings. The standard InChI is InChI=1S/C23H30FN3O4S/c1-15(18-8-10-21(24)22(14-18)31-2)27-20-9-7-19(13-20)16-3-5-17(6-4-16)23(28)26-11-12-32(25,29)30/h3-6,8,10,14-15,19-20,27H,7,9,11-13H2,1-2H3,(H,26,28)(H2,25,29,30). The molecule has 0 saturated heterocycles. The van der Waals surface area contributed by atoms with Crippen LogP contribution in [0, 0.1) is 5.82 Å². The minimum atomic E-state index is -3.60. The zero-order valence-corrected chi connectivity index (χ0v) is 19.1. The summed E-state index contributed by atoms with van der Waals surface area (Å²) in [4.78, 5) is 12.1. The molecule has 0 heterocycles. The molecule has 4 N–H and O–H groups in total. The lowest BCUT2D eigenvalue weighted by Gasteiger charge is -2.21. The molecule has 1 aliphatic rings. The largest absolute Gasteiger partial charge is 0.494 e. The Morgan fingerprint density at radius 3 is 2.59 bits per heavy atom. The SMILES string of the molecule is COc1cc(C(C)NC2CCC(c3ccc(C(=O)NCCS(N)(=O)=O)cc3)C2)ccc1F. The maximum Gasteiger partial charge on any atom is 0.251 e. The van der Waals surface area contributed by atoms with Gasteiger partial charge in [-0.15, -0.1) is 0 Å². The van der Waals surface area contributed by atoms with Crippen LogP contribution < -0.4 is 20.5 Å². The summed E-state index contributed by atoms with van der Waals surface area (Å²) in [5.41, 5.74) is 2.63. The normalized spacial score (nSPS) is 19.5. The Morgan fingerprint density at radius 1 is 1.22 bits per heavy atom. The van der Waals surface area contributed by atoms with Gasteiger partial charge in [-0.2, -0.15) is 0 Å². The molecule has 174 valence electrons. The highest BCUT2D eigenvalue weighted by Gasteiger charge is 2.27. The number of carbonyl (C=O) groups excluding carboxylic acids is 1. The van der Waals surface area contributed by atoms with E-state index in [1.807, 2.05) is 12.1 Å². The molecule has 3 atom stereocenters. The second kappa shape index (κ2) is 10.4. The van der Waals surface area contributed by atoms with E-state index in [2.05, 4.69) is 17.6 Å². The van der Waals surface area contributed by atoms with Crippen LogP contribution >= 0.6 is 0 Å². The number of benzene rings is 2. The van der Waals surface area contributed by atoms with Crippen molar-refractivity contribution < 1.29 is 22.3 Å². The Morgan fingerprint density at radius 2 is 1.94 bits per heavy atom. The fourth-order valence-electron chi connectivity index (χ4n) is 4.15. The average Bonchev–Trinajstić information content (AvgIpc) is 3.21. The second-order valence-corrected chi connectivity index (χ2v) is 9.97. The van der Waals surface area contributed by atoms with Crippen LogP contribution in [0.15, 0.2) is 42.5 Å². The first-order chi connectivity index (χ1) is 15.2. The molecule has 0 radical (unpaired) electrons. The van der Waals surface area contributed by atoms with E-state index in [9.17, 15) is 17.6 Å². The molecule has 0 bridgehead atoms. The molecular weight excluding hydrogens is 433 g/mol. The second-order valence-electron chi connectivity index (χ2n) is 8.23. The number of primary sulfonamides is 1. The van der Waals surface area contributed by atoms with Crippen LogP contribution in [-0.2, 0) is 10.0 Å². The number of hydrogen-bond donors (Lipinski definition) is 3. The number of nitrogens with two attached hydrogens (primary N) is 1. The summed E-state index contributed by atoms with van der Waals surface area (Å²) in [6, 6.07) is 12.8. The van der Waals surface area contributed by atoms with Gasteiger partial charge >= 0.3 is 0 Å². The number of carbonyl (C=O) groups is 1. The lowest BCUT2D eigenvalue weighted by molar-refractivity contribution is 0.0956. The van der Waals surface area contributed by atoms with E-state index >= 15 is 0 Å². The maximum absolute atomic E-state index is 13.7.